The summed E-state index contributed by atoms with van der Waals surface area (Å²) in [5.74, 6) is 0. The summed E-state index contributed by atoms with van der Waals surface area (Å²) in [7, 11) is 2.03. The molecule has 0 atom stereocenters. The van der Waals surface area contributed by atoms with Crippen LogP contribution in [-0.2, 0) is 6.54 Å². The van der Waals surface area contributed by atoms with Crippen LogP contribution in [0.1, 0.15) is 16.8 Å². The number of aliphatic hydroxyl groups is 1. The van der Waals surface area contributed by atoms with E-state index in [1.54, 1.807) is 0 Å². The van der Waals surface area contributed by atoms with E-state index in [9.17, 15) is 0 Å². The van der Waals surface area contributed by atoms with E-state index in [-0.39, 0.29) is 6.61 Å². The Morgan fingerprint density at radius 2 is 1.94 bits per heavy atom. The quantitative estimate of drug-likeness (QED) is 0.896. The summed E-state index contributed by atoms with van der Waals surface area (Å²) in [5.41, 5.74) is 4.70. The van der Waals surface area contributed by atoms with Gasteiger partial charge in [0.2, 0.25) is 0 Å². The summed E-state index contributed by atoms with van der Waals surface area (Å²) >= 11 is 0. The van der Waals surface area contributed by atoms with Crippen molar-refractivity contribution >= 4 is 10.9 Å². The first-order valence-electron chi connectivity index (χ1n) is 6.27. The van der Waals surface area contributed by atoms with Crippen LogP contribution in [0.3, 0.4) is 0 Å². The van der Waals surface area contributed by atoms with Gasteiger partial charge in [0.1, 0.15) is 0 Å². The molecule has 0 fully saturated rings. The molecular weight excluding hydrogens is 224 g/mol. The van der Waals surface area contributed by atoms with Gasteiger partial charge in [-0.3, -0.25) is 9.88 Å². The molecule has 18 heavy (non-hydrogen) atoms. The number of likely N-dealkylation sites (N-methyl/N-ethyl adjacent to an activating group) is 1. The van der Waals surface area contributed by atoms with Gasteiger partial charge in [0, 0.05) is 24.2 Å². The molecule has 0 aliphatic carbocycles. The van der Waals surface area contributed by atoms with Crippen molar-refractivity contribution in [2.24, 2.45) is 0 Å². The molecule has 1 aromatic carbocycles. The van der Waals surface area contributed by atoms with Crippen LogP contribution in [0.5, 0.6) is 0 Å². The largest absolute Gasteiger partial charge is 0.395 e. The van der Waals surface area contributed by atoms with E-state index in [0.29, 0.717) is 6.54 Å². The first-order chi connectivity index (χ1) is 8.63. The van der Waals surface area contributed by atoms with E-state index in [0.717, 1.165) is 17.8 Å². The third-order valence-corrected chi connectivity index (χ3v) is 3.42. The number of pyridine rings is 1. The molecule has 1 heterocycles. The predicted molar refractivity (Wildman–Crippen MR) is 74.6 cm³/mol. The van der Waals surface area contributed by atoms with Crippen LogP contribution in [0.15, 0.2) is 24.3 Å². The highest BCUT2D eigenvalue weighted by molar-refractivity contribution is 5.83. The third kappa shape index (κ3) is 2.52. The maximum Gasteiger partial charge on any atom is 0.0708 e. The van der Waals surface area contributed by atoms with Gasteiger partial charge in [-0.05, 0) is 38.1 Å². The summed E-state index contributed by atoms with van der Waals surface area (Å²) in [5, 5.41) is 10.2. The Balaban J connectivity index is 2.49. The number of para-hydroxylation sites is 1. The lowest BCUT2D eigenvalue weighted by atomic mass is 10.0. The minimum atomic E-state index is 0.192. The molecule has 1 N–H and O–H groups in total. The second kappa shape index (κ2) is 5.46. The highest BCUT2D eigenvalue weighted by Crippen LogP contribution is 2.23. The fourth-order valence-corrected chi connectivity index (χ4v) is 2.23. The zero-order valence-electron chi connectivity index (χ0n) is 11.3. The van der Waals surface area contributed by atoms with Gasteiger partial charge in [-0.25, -0.2) is 0 Å². The Labute approximate surface area is 108 Å². The van der Waals surface area contributed by atoms with Gasteiger partial charge in [-0.2, -0.15) is 0 Å². The molecule has 3 nitrogen and oxygen atoms in total. The van der Waals surface area contributed by atoms with Crippen LogP contribution >= 0.6 is 0 Å². The molecule has 0 radical (unpaired) electrons. The normalized spacial score (nSPS) is 11.4. The minimum absolute atomic E-state index is 0.192. The zero-order chi connectivity index (χ0) is 13.1. The second-order valence-electron chi connectivity index (χ2n) is 4.78. The van der Waals surface area contributed by atoms with Crippen LogP contribution in [0, 0.1) is 13.8 Å². The Morgan fingerprint density at radius 3 is 2.67 bits per heavy atom. The van der Waals surface area contributed by atoms with Crippen LogP contribution in [0.2, 0.25) is 0 Å². The van der Waals surface area contributed by atoms with E-state index in [4.69, 9.17) is 5.11 Å². The number of nitrogens with zero attached hydrogens (tertiary/aromatic N) is 2. The van der Waals surface area contributed by atoms with Crippen molar-refractivity contribution in [2.45, 2.75) is 20.4 Å². The predicted octanol–water partition coefficient (Wildman–Crippen LogP) is 2.28. The molecule has 0 spiro atoms. The number of hydrogen-bond donors (Lipinski definition) is 1. The smallest absolute Gasteiger partial charge is 0.0708 e. The molecule has 0 saturated heterocycles. The van der Waals surface area contributed by atoms with Gasteiger partial charge in [0.05, 0.1) is 12.1 Å². The van der Waals surface area contributed by atoms with Gasteiger partial charge >= 0.3 is 0 Å². The number of hydrogen-bond acceptors (Lipinski definition) is 3. The molecule has 0 amide bonds. The fraction of sp³-hybridized carbons (Fsp3) is 0.400. The summed E-state index contributed by atoms with van der Waals surface area (Å²) in [6.45, 7) is 5.90. The molecule has 0 bridgehead atoms. The maximum absolute atomic E-state index is 9.00. The lowest BCUT2D eigenvalue weighted by Gasteiger charge is -2.19. The molecule has 3 heteroatoms. The first-order valence-corrected chi connectivity index (χ1v) is 6.27. The summed E-state index contributed by atoms with van der Waals surface area (Å²) < 4.78 is 0. The van der Waals surface area contributed by atoms with Crippen molar-refractivity contribution in [1.82, 2.24) is 9.88 Å². The van der Waals surface area contributed by atoms with Crippen molar-refractivity contribution in [3.8, 4) is 0 Å². The molecule has 0 aliphatic rings. The van der Waals surface area contributed by atoms with E-state index >= 15 is 0 Å². The molecule has 0 unspecified atom stereocenters. The van der Waals surface area contributed by atoms with Gasteiger partial charge < -0.3 is 5.11 Å². The van der Waals surface area contributed by atoms with Gasteiger partial charge in [-0.1, -0.05) is 18.2 Å². The monoisotopic (exact) mass is 244 g/mol. The Morgan fingerprint density at radius 1 is 1.22 bits per heavy atom. The molecule has 0 aliphatic heterocycles. The zero-order valence-corrected chi connectivity index (χ0v) is 11.3. The molecule has 2 rings (SSSR count). The number of aliphatic hydroxyl groups excluding tert-OH is 1. The van der Waals surface area contributed by atoms with Crippen molar-refractivity contribution in [3.63, 3.8) is 0 Å². The lowest BCUT2D eigenvalue weighted by Crippen LogP contribution is -2.22. The van der Waals surface area contributed by atoms with Crippen molar-refractivity contribution in [1.29, 1.82) is 0 Å². The van der Waals surface area contributed by atoms with Crippen molar-refractivity contribution < 1.29 is 5.11 Å². The van der Waals surface area contributed by atoms with Crippen LogP contribution < -0.4 is 0 Å². The Kier molecular flexibility index (Phi) is 3.94. The van der Waals surface area contributed by atoms with Crippen LogP contribution in [0.25, 0.3) is 10.9 Å². The number of fused-ring (bicyclic) bond motifs is 1. The fourth-order valence-electron chi connectivity index (χ4n) is 2.23. The Hall–Kier alpha value is -1.45. The van der Waals surface area contributed by atoms with Crippen LogP contribution in [0.4, 0.5) is 0 Å². The highest BCUT2D eigenvalue weighted by atomic mass is 16.3. The average Bonchev–Trinajstić information content (AvgIpc) is 2.35. The SMILES string of the molecule is Cc1nc2ccccc2c(CN(C)CCO)c1C. The third-order valence-electron chi connectivity index (χ3n) is 3.42. The molecule has 0 saturated carbocycles. The van der Waals surface area contributed by atoms with Crippen molar-refractivity contribution in [2.75, 3.05) is 20.2 Å². The van der Waals surface area contributed by atoms with Crippen molar-refractivity contribution in [3.05, 3.63) is 41.1 Å². The molecule has 96 valence electrons. The topological polar surface area (TPSA) is 36.4 Å². The standard InChI is InChI=1S/C15H20N2O/c1-11-12(2)16-15-7-5-4-6-13(15)14(11)10-17(3)8-9-18/h4-7,18H,8-10H2,1-3H3. The van der Waals surface area contributed by atoms with Gasteiger partial charge in [0.25, 0.3) is 0 Å². The number of rotatable bonds is 4. The maximum atomic E-state index is 9.00. The van der Waals surface area contributed by atoms with Crippen LogP contribution in [-0.4, -0.2) is 35.2 Å². The van der Waals surface area contributed by atoms with E-state index in [2.05, 4.69) is 35.9 Å². The number of benzene rings is 1. The lowest BCUT2D eigenvalue weighted by molar-refractivity contribution is 0.217. The number of aryl methyl sites for hydroxylation is 1. The average molecular weight is 244 g/mol. The highest BCUT2D eigenvalue weighted by Gasteiger charge is 2.10. The van der Waals surface area contributed by atoms with E-state index in [1.165, 1.54) is 16.5 Å². The molecular formula is C15H20N2O. The van der Waals surface area contributed by atoms with E-state index in [1.807, 2.05) is 19.2 Å². The van der Waals surface area contributed by atoms with Gasteiger partial charge in [0.15, 0.2) is 0 Å². The Bertz CT molecular complexity index is 551. The summed E-state index contributed by atoms with van der Waals surface area (Å²) in [6, 6.07) is 8.24. The second-order valence-corrected chi connectivity index (χ2v) is 4.78. The van der Waals surface area contributed by atoms with E-state index < -0.39 is 0 Å². The molecule has 1 aromatic heterocycles. The summed E-state index contributed by atoms with van der Waals surface area (Å²) in [6.07, 6.45) is 0. The summed E-state index contributed by atoms with van der Waals surface area (Å²) in [4.78, 5) is 6.75. The first kappa shape index (κ1) is 13.0. The minimum Gasteiger partial charge on any atom is -0.395 e. The van der Waals surface area contributed by atoms with Gasteiger partial charge in [-0.15, -0.1) is 0 Å². The molecule has 2 aromatic rings. The number of aromatic nitrogens is 1.